The number of nitrogens with zero attached hydrogens (tertiary/aromatic N) is 5. The van der Waals surface area contributed by atoms with Crippen molar-refractivity contribution >= 4 is 17.4 Å². The van der Waals surface area contributed by atoms with Gasteiger partial charge in [0.25, 0.3) is 5.91 Å². The van der Waals surface area contributed by atoms with Crippen LogP contribution in [0.5, 0.6) is 11.6 Å². The van der Waals surface area contributed by atoms with Crippen LogP contribution in [0.1, 0.15) is 35.7 Å². The summed E-state index contributed by atoms with van der Waals surface area (Å²) in [4.78, 5) is 23.8. The van der Waals surface area contributed by atoms with Crippen LogP contribution in [-0.2, 0) is 6.54 Å². The second-order valence-electron chi connectivity index (χ2n) is 7.94. The van der Waals surface area contributed by atoms with Gasteiger partial charge < -0.3 is 19.7 Å². The molecule has 0 saturated heterocycles. The number of amides is 1. The molecule has 0 aromatic carbocycles. The highest BCUT2D eigenvalue weighted by atomic mass is 19.1. The molecular weight excluding hydrogens is 391 g/mol. The Morgan fingerprint density at radius 3 is 3.00 bits per heavy atom. The fraction of sp³-hybridized carbons (Fsp3) is 0.400. The van der Waals surface area contributed by atoms with Gasteiger partial charge in [0, 0.05) is 5.56 Å². The molecule has 30 heavy (non-hydrogen) atoms. The van der Waals surface area contributed by atoms with E-state index in [0.717, 1.165) is 19.0 Å². The number of carbonyl (C=O) groups excluding carboxylic acids is 1. The third-order valence-corrected chi connectivity index (χ3v) is 5.91. The lowest BCUT2D eigenvalue weighted by molar-refractivity contribution is 0.0714. The summed E-state index contributed by atoms with van der Waals surface area (Å²) >= 11 is 0. The molecule has 2 aliphatic heterocycles. The number of nitrogens with one attached hydrogen (secondary N) is 1. The van der Waals surface area contributed by atoms with Gasteiger partial charge in [-0.1, -0.05) is 0 Å². The van der Waals surface area contributed by atoms with Crippen LogP contribution in [-0.4, -0.2) is 50.3 Å². The highest BCUT2D eigenvalue weighted by Crippen LogP contribution is 2.43. The van der Waals surface area contributed by atoms with Crippen LogP contribution < -0.4 is 19.7 Å². The molecule has 1 N–H and O–H groups in total. The number of halogens is 1. The van der Waals surface area contributed by atoms with Crippen LogP contribution in [0.25, 0.3) is 5.65 Å². The number of pyridine rings is 1. The molecule has 10 heteroatoms. The number of hydrogen-bond acceptors (Lipinski definition) is 7. The second-order valence-corrected chi connectivity index (χ2v) is 7.94. The third-order valence-electron chi connectivity index (χ3n) is 5.91. The fourth-order valence-electron chi connectivity index (χ4n) is 4.23. The third kappa shape index (κ3) is 2.59. The molecule has 1 fully saturated rings. The van der Waals surface area contributed by atoms with Crippen molar-refractivity contribution in [2.24, 2.45) is 0 Å². The van der Waals surface area contributed by atoms with E-state index in [4.69, 9.17) is 14.5 Å². The van der Waals surface area contributed by atoms with Crippen molar-refractivity contribution in [2.75, 3.05) is 11.4 Å². The highest BCUT2D eigenvalue weighted by molar-refractivity contribution is 5.99. The molecule has 3 aromatic heterocycles. The number of anilines is 1. The summed E-state index contributed by atoms with van der Waals surface area (Å²) in [5, 5.41) is 7.12. The molecule has 0 unspecified atom stereocenters. The molecule has 154 valence electrons. The number of rotatable bonds is 0. The van der Waals surface area contributed by atoms with Crippen molar-refractivity contribution in [1.82, 2.24) is 24.9 Å². The van der Waals surface area contributed by atoms with Gasteiger partial charge in [-0.15, -0.1) is 0 Å². The maximum absolute atomic E-state index is 14.1. The number of carbonyl (C=O) groups is 1. The summed E-state index contributed by atoms with van der Waals surface area (Å²) in [5.74, 6) is 0.839. The molecule has 3 atom stereocenters. The number of hydrogen-bond donors (Lipinski definition) is 1. The lowest BCUT2D eigenvalue weighted by Gasteiger charge is -2.48. The molecule has 5 heterocycles. The second kappa shape index (κ2) is 6.28. The molecule has 6 rings (SSSR count). The monoisotopic (exact) mass is 410 g/mol. The molecule has 2 bridgehead atoms. The zero-order valence-corrected chi connectivity index (χ0v) is 16.2. The van der Waals surface area contributed by atoms with Crippen molar-refractivity contribution in [1.29, 1.82) is 0 Å². The van der Waals surface area contributed by atoms with Gasteiger partial charge >= 0.3 is 0 Å². The van der Waals surface area contributed by atoms with Gasteiger partial charge in [-0.3, -0.25) is 4.79 Å². The van der Waals surface area contributed by atoms with Gasteiger partial charge in [0.2, 0.25) is 5.88 Å². The Balaban J connectivity index is 1.55. The molecule has 0 spiro atoms. The van der Waals surface area contributed by atoms with E-state index in [1.54, 1.807) is 10.7 Å². The maximum atomic E-state index is 14.1. The first-order chi connectivity index (χ1) is 14.6. The van der Waals surface area contributed by atoms with Crippen molar-refractivity contribution in [3.63, 3.8) is 0 Å². The Labute approximate surface area is 170 Å². The van der Waals surface area contributed by atoms with E-state index in [9.17, 15) is 9.18 Å². The highest BCUT2D eigenvalue weighted by Gasteiger charge is 2.44. The Morgan fingerprint density at radius 1 is 1.27 bits per heavy atom. The average Bonchev–Trinajstić information content (AvgIpc) is 3.11. The van der Waals surface area contributed by atoms with E-state index in [2.05, 4.69) is 20.3 Å². The summed E-state index contributed by atoms with van der Waals surface area (Å²) in [6.45, 7) is 2.46. The number of fused-ring (bicyclic) bond motifs is 3. The van der Waals surface area contributed by atoms with Crippen LogP contribution in [0.4, 0.5) is 10.2 Å². The van der Waals surface area contributed by atoms with E-state index in [1.165, 1.54) is 12.3 Å². The molecule has 1 amide bonds. The summed E-state index contributed by atoms with van der Waals surface area (Å²) < 4.78 is 27.7. The zero-order valence-electron chi connectivity index (χ0n) is 16.2. The van der Waals surface area contributed by atoms with Gasteiger partial charge in [0.05, 0.1) is 37.7 Å². The topological polar surface area (TPSA) is 93.9 Å². The Hall–Kier alpha value is -3.43. The minimum Gasteiger partial charge on any atom is -0.483 e. The lowest BCUT2D eigenvalue weighted by Crippen LogP contribution is -2.56. The summed E-state index contributed by atoms with van der Waals surface area (Å²) in [6, 6.07) is 1.56. The van der Waals surface area contributed by atoms with Gasteiger partial charge in [0.15, 0.2) is 17.2 Å². The summed E-state index contributed by atoms with van der Waals surface area (Å²) in [5.41, 5.74) is 1.45. The van der Waals surface area contributed by atoms with Crippen LogP contribution in [0, 0.1) is 5.82 Å². The Bertz CT molecular complexity index is 1180. The molecule has 1 aliphatic carbocycles. The van der Waals surface area contributed by atoms with Crippen molar-refractivity contribution < 1.29 is 18.7 Å². The normalized spacial score (nSPS) is 24.9. The first-order valence-corrected chi connectivity index (χ1v) is 9.98. The van der Waals surface area contributed by atoms with Crippen molar-refractivity contribution in [2.45, 2.75) is 44.6 Å². The Morgan fingerprint density at radius 2 is 2.17 bits per heavy atom. The number of ether oxygens (including phenoxy) is 2. The Kier molecular flexibility index (Phi) is 3.65. The smallest absolute Gasteiger partial charge is 0.256 e. The molecule has 3 aliphatic rings. The van der Waals surface area contributed by atoms with Crippen LogP contribution >= 0.6 is 0 Å². The van der Waals surface area contributed by atoms with Crippen LogP contribution in [0.3, 0.4) is 0 Å². The predicted molar refractivity (Wildman–Crippen MR) is 103 cm³/mol. The first kappa shape index (κ1) is 17.4. The average molecular weight is 410 g/mol. The van der Waals surface area contributed by atoms with Gasteiger partial charge in [-0.2, -0.15) is 5.10 Å². The van der Waals surface area contributed by atoms with E-state index >= 15 is 0 Å². The quantitative estimate of drug-likeness (QED) is 0.603. The fourth-order valence-corrected chi connectivity index (χ4v) is 4.23. The standard InChI is InChI=1S/C20H19FN6O3/c1-10-5-22-19(28)13-7-24-27-9-16-18(25-17(13)27)26(14-2-3-15(14)30-16)8-11-4-12(21)6-23-20(11)29-10/h4,6-7,9-10,14-15H,2-3,5,8H2,1H3,(H,22,28)/t10-,14-,15+/m0/s1. The molecule has 3 aromatic rings. The predicted octanol–water partition coefficient (Wildman–Crippen LogP) is 1.70. The van der Waals surface area contributed by atoms with E-state index in [0.29, 0.717) is 40.8 Å². The number of aromatic nitrogens is 4. The SMILES string of the molecule is C[C@H]1CNC(=O)c2cnn3cc4c(nc23)N(Cc2cc(F)cnc2O1)[C@H]1CC[C@H]1O4. The minimum absolute atomic E-state index is 0.0376. The van der Waals surface area contributed by atoms with Crippen molar-refractivity contribution in [3.05, 3.63) is 41.6 Å². The maximum Gasteiger partial charge on any atom is 0.256 e. The largest absolute Gasteiger partial charge is 0.483 e. The van der Waals surface area contributed by atoms with Crippen molar-refractivity contribution in [3.8, 4) is 11.6 Å². The molecule has 9 nitrogen and oxygen atoms in total. The molecule has 0 radical (unpaired) electrons. The van der Waals surface area contributed by atoms with E-state index < -0.39 is 5.82 Å². The van der Waals surface area contributed by atoms with E-state index in [-0.39, 0.29) is 30.7 Å². The van der Waals surface area contributed by atoms with Crippen LogP contribution in [0.2, 0.25) is 0 Å². The molecule has 1 saturated carbocycles. The van der Waals surface area contributed by atoms with Gasteiger partial charge in [-0.05, 0) is 25.8 Å². The first-order valence-electron chi connectivity index (χ1n) is 9.98. The lowest BCUT2D eigenvalue weighted by atomic mass is 9.86. The van der Waals surface area contributed by atoms with Gasteiger partial charge in [0.1, 0.15) is 23.6 Å². The summed E-state index contributed by atoms with van der Waals surface area (Å²) in [7, 11) is 0. The van der Waals surface area contributed by atoms with Gasteiger partial charge in [-0.25, -0.2) is 18.9 Å². The minimum atomic E-state index is -0.428. The van der Waals surface area contributed by atoms with Crippen LogP contribution in [0.15, 0.2) is 24.7 Å². The van der Waals surface area contributed by atoms with E-state index in [1.807, 2.05) is 6.92 Å². The zero-order chi connectivity index (χ0) is 20.4. The molecular formula is C20H19FN6O3. The summed E-state index contributed by atoms with van der Waals surface area (Å²) in [6.07, 6.45) is 5.95.